The molecule has 2 aromatic rings. The second-order valence-corrected chi connectivity index (χ2v) is 6.44. The smallest absolute Gasteiger partial charge is 0.251 e. The van der Waals surface area contributed by atoms with Crippen molar-refractivity contribution in [1.29, 1.82) is 0 Å². The van der Waals surface area contributed by atoms with Crippen molar-refractivity contribution in [3.05, 3.63) is 45.6 Å². The molecule has 1 aliphatic carbocycles. The summed E-state index contributed by atoms with van der Waals surface area (Å²) >= 11 is 0. The first-order chi connectivity index (χ1) is 11.1. The molecule has 0 radical (unpaired) electrons. The molecule has 0 saturated heterocycles. The number of aromatic amines is 1. The lowest BCUT2D eigenvalue weighted by Crippen LogP contribution is -2.26. The van der Waals surface area contributed by atoms with E-state index in [0.717, 1.165) is 68.0 Å². The van der Waals surface area contributed by atoms with Crippen molar-refractivity contribution >= 4 is 0 Å². The Morgan fingerprint density at radius 1 is 1.22 bits per heavy atom. The molecule has 0 atom stereocenters. The highest BCUT2D eigenvalue weighted by molar-refractivity contribution is 5.63. The number of nitrogens with one attached hydrogen (secondary N) is 2. The molecule has 23 heavy (non-hydrogen) atoms. The van der Waals surface area contributed by atoms with E-state index in [-0.39, 0.29) is 5.56 Å². The Morgan fingerprint density at radius 3 is 2.78 bits per heavy atom. The van der Waals surface area contributed by atoms with E-state index in [4.69, 9.17) is 4.42 Å². The third-order valence-electron chi connectivity index (χ3n) is 4.38. The number of hydrogen-bond donors (Lipinski definition) is 2. The highest BCUT2D eigenvalue weighted by Gasteiger charge is 2.19. The van der Waals surface area contributed by atoms with Gasteiger partial charge in [-0.3, -0.25) is 4.79 Å². The minimum Gasteiger partial charge on any atom is -0.460 e. The molecular weight excluding hydrogens is 290 g/mol. The molecule has 2 N–H and O–H groups in total. The van der Waals surface area contributed by atoms with Gasteiger partial charge in [0.15, 0.2) is 0 Å². The van der Waals surface area contributed by atoms with Crippen molar-refractivity contribution in [2.24, 2.45) is 0 Å². The molecule has 2 heterocycles. The van der Waals surface area contributed by atoms with Crippen LogP contribution in [-0.2, 0) is 19.4 Å². The van der Waals surface area contributed by atoms with Gasteiger partial charge in [0, 0.05) is 30.4 Å². The van der Waals surface area contributed by atoms with Crippen molar-refractivity contribution in [3.63, 3.8) is 0 Å². The van der Waals surface area contributed by atoms with Gasteiger partial charge in [0.2, 0.25) is 0 Å². The van der Waals surface area contributed by atoms with E-state index in [2.05, 4.69) is 29.3 Å². The molecule has 0 spiro atoms. The molecule has 0 bridgehead atoms. The molecule has 3 rings (SSSR count). The van der Waals surface area contributed by atoms with E-state index >= 15 is 0 Å². The normalized spacial score (nSPS) is 14.2. The first-order valence-corrected chi connectivity index (χ1v) is 8.33. The fourth-order valence-electron chi connectivity index (χ4n) is 3.12. The van der Waals surface area contributed by atoms with Gasteiger partial charge >= 0.3 is 0 Å². The summed E-state index contributed by atoms with van der Waals surface area (Å²) in [5, 5.41) is 3.38. The number of H-pyrrole nitrogens is 1. The molecule has 0 fully saturated rings. The van der Waals surface area contributed by atoms with Crippen LogP contribution in [0.2, 0.25) is 0 Å². The standard InChI is InChI=1S/C18H25N3O2/c1-21(2)10-9-19-11-13-7-8-17(23-13)16-12-20-18(22)15-6-4-3-5-14(15)16/h7-8,12,19H,3-6,9-11H2,1-2H3,(H,20,22). The minimum absolute atomic E-state index is 0.0561. The molecule has 0 amide bonds. The Balaban J connectivity index is 1.74. The van der Waals surface area contributed by atoms with E-state index in [9.17, 15) is 4.79 Å². The Labute approximate surface area is 136 Å². The Kier molecular flexibility index (Phi) is 4.98. The summed E-state index contributed by atoms with van der Waals surface area (Å²) < 4.78 is 5.98. The second-order valence-electron chi connectivity index (χ2n) is 6.44. The highest BCUT2D eigenvalue weighted by Crippen LogP contribution is 2.30. The monoisotopic (exact) mass is 315 g/mol. The third-order valence-corrected chi connectivity index (χ3v) is 4.38. The van der Waals surface area contributed by atoms with Gasteiger partial charge < -0.3 is 19.6 Å². The molecular formula is C18H25N3O2. The number of hydrogen-bond acceptors (Lipinski definition) is 4. The summed E-state index contributed by atoms with van der Waals surface area (Å²) in [4.78, 5) is 17.0. The largest absolute Gasteiger partial charge is 0.460 e. The van der Waals surface area contributed by atoms with Crippen LogP contribution >= 0.6 is 0 Å². The maximum atomic E-state index is 12.0. The number of nitrogens with zero attached hydrogens (tertiary/aromatic N) is 1. The van der Waals surface area contributed by atoms with Crippen LogP contribution in [0.4, 0.5) is 0 Å². The molecule has 2 aromatic heterocycles. The van der Waals surface area contributed by atoms with Crippen LogP contribution < -0.4 is 10.9 Å². The summed E-state index contributed by atoms with van der Waals surface area (Å²) in [7, 11) is 4.12. The van der Waals surface area contributed by atoms with Gasteiger partial charge in [0.05, 0.1) is 6.54 Å². The molecule has 5 heteroatoms. The van der Waals surface area contributed by atoms with Crippen LogP contribution in [0.15, 0.2) is 27.5 Å². The van der Waals surface area contributed by atoms with Gasteiger partial charge in [-0.25, -0.2) is 0 Å². The van der Waals surface area contributed by atoms with Crippen LogP contribution in [0.5, 0.6) is 0 Å². The molecule has 124 valence electrons. The van der Waals surface area contributed by atoms with Crippen molar-refractivity contribution in [3.8, 4) is 11.3 Å². The van der Waals surface area contributed by atoms with Gasteiger partial charge in [-0.2, -0.15) is 0 Å². The number of rotatable bonds is 6. The zero-order chi connectivity index (χ0) is 16.2. The summed E-state index contributed by atoms with van der Waals surface area (Å²) in [6, 6.07) is 4.02. The SMILES string of the molecule is CN(C)CCNCc1ccc(-c2c[nH]c(=O)c3c2CCCC3)o1. The van der Waals surface area contributed by atoms with E-state index in [1.54, 1.807) is 6.20 Å². The Morgan fingerprint density at radius 2 is 2.00 bits per heavy atom. The number of pyridine rings is 1. The lowest BCUT2D eigenvalue weighted by molar-refractivity contribution is 0.392. The maximum Gasteiger partial charge on any atom is 0.251 e. The Hall–Kier alpha value is -1.85. The van der Waals surface area contributed by atoms with Crippen LogP contribution in [0.25, 0.3) is 11.3 Å². The minimum atomic E-state index is 0.0561. The maximum absolute atomic E-state index is 12.0. The van der Waals surface area contributed by atoms with E-state index in [1.807, 2.05) is 12.1 Å². The quantitative estimate of drug-likeness (QED) is 0.802. The first kappa shape index (κ1) is 16.0. The van der Waals surface area contributed by atoms with Crippen LogP contribution in [0, 0.1) is 0 Å². The molecule has 5 nitrogen and oxygen atoms in total. The zero-order valence-corrected chi connectivity index (χ0v) is 13.9. The zero-order valence-electron chi connectivity index (χ0n) is 13.9. The second kappa shape index (κ2) is 7.15. The average molecular weight is 315 g/mol. The lowest BCUT2D eigenvalue weighted by atomic mass is 9.89. The third kappa shape index (κ3) is 3.74. The van der Waals surface area contributed by atoms with E-state index < -0.39 is 0 Å². The Bertz CT molecular complexity index is 715. The topological polar surface area (TPSA) is 61.3 Å². The van der Waals surface area contributed by atoms with Gasteiger partial charge in [-0.15, -0.1) is 0 Å². The summed E-state index contributed by atoms with van der Waals surface area (Å²) in [6.07, 6.45) is 5.88. The summed E-state index contributed by atoms with van der Waals surface area (Å²) in [5.41, 5.74) is 3.21. The average Bonchev–Trinajstić information content (AvgIpc) is 3.01. The number of aromatic nitrogens is 1. The van der Waals surface area contributed by atoms with Gasteiger partial charge in [-0.1, -0.05) is 0 Å². The number of fused-ring (bicyclic) bond motifs is 1. The van der Waals surface area contributed by atoms with Gasteiger partial charge in [0.1, 0.15) is 11.5 Å². The van der Waals surface area contributed by atoms with E-state index in [0.29, 0.717) is 0 Å². The lowest BCUT2D eigenvalue weighted by Gasteiger charge is -2.17. The van der Waals surface area contributed by atoms with Crippen LogP contribution in [0.1, 0.15) is 29.7 Å². The molecule has 0 aliphatic heterocycles. The van der Waals surface area contributed by atoms with Crippen LogP contribution in [0.3, 0.4) is 0 Å². The summed E-state index contributed by atoms with van der Waals surface area (Å²) in [6.45, 7) is 2.65. The fourth-order valence-corrected chi connectivity index (χ4v) is 3.12. The number of likely N-dealkylation sites (N-methyl/N-ethyl adjacent to an activating group) is 1. The first-order valence-electron chi connectivity index (χ1n) is 8.33. The van der Waals surface area contributed by atoms with Crippen molar-refractivity contribution in [1.82, 2.24) is 15.2 Å². The van der Waals surface area contributed by atoms with Crippen molar-refractivity contribution in [2.45, 2.75) is 32.2 Å². The van der Waals surface area contributed by atoms with Crippen LogP contribution in [-0.4, -0.2) is 37.1 Å². The fraction of sp³-hybridized carbons (Fsp3) is 0.500. The van der Waals surface area contributed by atoms with Gasteiger partial charge in [-0.05, 0) is 57.5 Å². The van der Waals surface area contributed by atoms with E-state index in [1.165, 1.54) is 5.56 Å². The molecule has 0 unspecified atom stereocenters. The predicted octanol–water partition coefficient (Wildman–Crippen LogP) is 2.16. The van der Waals surface area contributed by atoms with Crippen molar-refractivity contribution in [2.75, 3.05) is 27.2 Å². The van der Waals surface area contributed by atoms with Gasteiger partial charge in [0.25, 0.3) is 5.56 Å². The highest BCUT2D eigenvalue weighted by atomic mass is 16.3. The number of furan rings is 1. The van der Waals surface area contributed by atoms with Crippen molar-refractivity contribution < 1.29 is 4.42 Å². The molecule has 0 saturated carbocycles. The molecule has 0 aromatic carbocycles. The molecule has 1 aliphatic rings. The summed E-state index contributed by atoms with van der Waals surface area (Å²) in [5.74, 6) is 1.78. The predicted molar refractivity (Wildman–Crippen MR) is 91.7 cm³/mol.